The largest absolute Gasteiger partial charge is 0.451 e. The van der Waals surface area contributed by atoms with Crippen molar-refractivity contribution in [3.8, 4) is 0 Å². The maximum absolute atomic E-state index is 13.5. The van der Waals surface area contributed by atoms with E-state index in [1.54, 1.807) is 8.61 Å². The average molecular weight is 402 g/mol. The van der Waals surface area contributed by atoms with Crippen molar-refractivity contribution in [1.29, 1.82) is 0 Å². The van der Waals surface area contributed by atoms with Crippen LogP contribution in [-0.4, -0.2) is 78.5 Å². The van der Waals surface area contributed by atoms with Crippen LogP contribution < -0.4 is 11.1 Å². The molecule has 156 valence electrons. The van der Waals surface area contributed by atoms with Crippen LogP contribution in [0.25, 0.3) is 0 Å². The van der Waals surface area contributed by atoms with Crippen molar-refractivity contribution in [2.24, 2.45) is 17.6 Å². The summed E-state index contributed by atoms with van der Waals surface area (Å²) in [5.41, 5.74) is 5.86. The molecule has 2 aliphatic heterocycles. The lowest BCUT2D eigenvalue weighted by Gasteiger charge is -2.36. The van der Waals surface area contributed by atoms with Gasteiger partial charge < -0.3 is 21.1 Å². The van der Waals surface area contributed by atoms with E-state index in [1.165, 1.54) is 0 Å². The average Bonchev–Trinajstić information content (AvgIpc) is 3.37. The van der Waals surface area contributed by atoms with Crippen LogP contribution in [0.1, 0.15) is 45.4 Å². The summed E-state index contributed by atoms with van der Waals surface area (Å²) in [6.07, 6.45) is 5.76. The van der Waals surface area contributed by atoms with Crippen molar-refractivity contribution in [1.82, 2.24) is 13.9 Å². The summed E-state index contributed by atoms with van der Waals surface area (Å²) in [7, 11) is -4.87. The number of nitrogens with two attached hydrogens (primary N) is 1. The van der Waals surface area contributed by atoms with Gasteiger partial charge in [0.05, 0.1) is 0 Å². The van der Waals surface area contributed by atoms with Gasteiger partial charge in [0, 0.05) is 37.8 Å². The van der Waals surface area contributed by atoms with E-state index in [0.717, 1.165) is 38.8 Å². The summed E-state index contributed by atoms with van der Waals surface area (Å²) in [5.74, 6) is 0.522. The van der Waals surface area contributed by atoms with E-state index in [0.29, 0.717) is 44.7 Å². The SMILES string of the molecule is C[C@]1(N)CN(S(=O)(=O)N(CC2CC2)C2CCCNC2)C[C@@H]1CCCB(O)O. The normalized spacial score (nSPS) is 32.9. The highest BCUT2D eigenvalue weighted by atomic mass is 32.2. The molecular formula is C17H35BN4O4S. The van der Waals surface area contributed by atoms with Crippen LogP contribution in [0.2, 0.25) is 6.32 Å². The second kappa shape index (κ2) is 8.65. The van der Waals surface area contributed by atoms with Crippen LogP contribution in [-0.2, 0) is 10.2 Å². The minimum atomic E-state index is -3.55. The molecule has 0 radical (unpaired) electrons. The Morgan fingerprint density at radius 2 is 2.07 bits per heavy atom. The number of hydrogen-bond donors (Lipinski definition) is 4. The maximum Gasteiger partial charge on any atom is 0.451 e. The van der Waals surface area contributed by atoms with Crippen LogP contribution in [0.15, 0.2) is 0 Å². The summed E-state index contributed by atoms with van der Waals surface area (Å²) in [6.45, 7) is 4.94. The highest BCUT2D eigenvalue weighted by Gasteiger charge is 2.47. The van der Waals surface area contributed by atoms with E-state index in [-0.39, 0.29) is 12.0 Å². The van der Waals surface area contributed by atoms with E-state index in [9.17, 15) is 8.42 Å². The third-order valence-corrected chi connectivity index (χ3v) is 8.30. The van der Waals surface area contributed by atoms with Crippen LogP contribution in [0.4, 0.5) is 0 Å². The van der Waals surface area contributed by atoms with Crippen LogP contribution in [0.5, 0.6) is 0 Å². The van der Waals surface area contributed by atoms with Crippen molar-refractivity contribution >= 4 is 17.3 Å². The smallest absolute Gasteiger partial charge is 0.427 e. The Hall–Kier alpha value is -0.225. The molecule has 0 amide bonds. The summed E-state index contributed by atoms with van der Waals surface area (Å²) >= 11 is 0. The quantitative estimate of drug-likeness (QED) is 0.390. The number of nitrogens with zero attached hydrogens (tertiary/aromatic N) is 2. The highest BCUT2D eigenvalue weighted by molar-refractivity contribution is 7.86. The van der Waals surface area contributed by atoms with E-state index in [2.05, 4.69) is 5.32 Å². The van der Waals surface area contributed by atoms with Crippen LogP contribution in [0.3, 0.4) is 0 Å². The minimum absolute atomic E-state index is 0.0250. The zero-order valence-electron chi connectivity index (χ0n) is 16.4. The van der Waals surface area contributed by atoms with Crippen molar-refractivity contribution in [3.63, 3.8) is 0 Å². The van der Waals surface area contributed by atoms with Crippen LogP contribution >= 0.6 is 0 Å². The fourth-order valence-electron chi connectivity index (χ4n) is 4.39. The lowest BCUT2D eigenvalue weighted by atomic mass is 9.79. The molecule has 2 saturated heterocycles. The Kier molecular flexibility index (Phi) is 6.88. The molecule has 8 nitrogen and oxygen atoms in total. The highest BCUT2D eigenvalue weighted by Crippen LogP contribution is 2.36. The van der Waals surface area contributed by atoms with Gasteiger partial charge in [-0.1, -0.05) is 6.42 Å². The molecule has 0 aromatic carbocycles. The van der Waals surface area contributed by atoms with Gasteiger partial charge in [0.25, 0.3) is 10.2 Å². The molecule has 0 bridgehead atoms. The summed E-state index contributed by atoms with van der Waals surface area (Å²) in [6, 6.07) is 0.0250. The molecule has 3 rings (SSSR count). The van der Waals surface area contributed by atoms with E-state index < -0.39 is 22.9 Å². The molecule has 0 aromatic heterocycles. The third kappa shape index (κ3) is 5.43. The first-order valence-corrected chi connectivity index (χ1v) is 11.7. The molecule has 1 aliphatic carbocycles. The Balaban J connectivity index is 1.69. The molecule has 10 heteroatoms. The maximum atomic E-state index is 13.5. The van der Waals surface area contributed by atoms with E-state index >= 15 is 0 Å². The zero-order chi connectivity index (χ0) is 19.7. The monoisotopic (exact) mass is 402 g/mol. The summed E-state index contributed by atoms with van der Waals surface area (Å²) < 4.78 is 30.3. The fraction of sp³-hybridized carbons (Fsp3) is 1.00. The van der Waals surface area contributed by atoms with Crippen LogP contribution in [0, 0.1) is 11.8 Å². The molecule has 0 spiro atoms. The Morgan fingerprint density at radius 3 is 2.67 bits per heavy atom. The number of piperidine rings is 1. The molecule has 3 aliphatic rings. The molecule has 3 atom stereocenters. The molecule has 2 heterocycles. The van der Waals surface area contributed by atoms with Gasteiger partial charge in [-0.2, -0.15) is 17.0 Å². The third-order valence-electron chi connectivity index (χ3n) is 6.32. The minimum Gasteiger partial charge on any atom is -0.427 e. The standard InChI is InChI=1S/C17H35BN4O4S/c1-17(19)13-21(12-15(17)4-2-8-18(23)24)27(25,26)22(11-14-6-7-14)16-5-3-9-20-10-16/h14-16,20,23-24H,2-13,19H2,1H3/t15-,16?,17-/m0/s1. The lowest BCUT2D eigenvalue weighted by Crippen LogP contribution is -2.54. The van der Waals surface area contributed by atoms with E-state index in [1.807, 2.05) is 6.92 Å². The second-order valence-electron chi connectivity index (χ2n) is 8.93. The van der Waals surface area contributed by atoms with Gasteiger partial charge in [-0.15, -0.1) is 0 Å². The Morgan fingerprint density at radius 1 is 1.33 bits per heavy atom. The van der Waals surface area contributed by atoms with Gasteiger partial charge in [0.15, 0.2) is 0 Å². The Labute approximate surface area is 163 Å². The predicted octanol–water partition coefficient (Wildman–Crippen LogP) is -0.403. The van der Waals surface area contributed by atoms with Gasteiger partial charge in [-0.05, 0) is 63.7 Å². The molecule has 1 saturated carbocycles. The fourth-order valence-corrected chi connectivity index (χ4v) is 6.45. The number of nitrogens with one attached hydrogen (secondary N) is 1. The van der Waals surface area contributed by atoms with Gasteiger partial charge in [-0.25, -0.2) is 0 Å². The van der Waals surface area contributed by atoms with Gasteiger partial charge in [-0.3, -0.25) is 0 Å². The number of hydrogen-bond acceptors (Lipinski definition) is 6. The first kappa shape index (κ1) is 21.5. The molecule has 1 unspecified atom stereocenters. The Bertz CT molecular complexity index is 594. The topological polar surface area (TPSA) is 119 Å². The van der Waals surface area contributed by atoms with Crippen molar-refractivity contribution < 1.29 is 18.5 Å². The predicted molar refractivity (Wildman–Crippen MR) is 106 cm³/mol. The van der Waals surface area contributed by atoms with Crippen molar-refractivity contribution in [3.05, 3.63) is 0 Å². The van der Waals surface area contributed by atoms with Crippen molar-refractivity contribution in [2.45, 2.75) is 63.3 Å². The molecule has 0 aromatic rings. The molecule has 3 fully saturated rings. The van der Waals surface area contributed by atoms with E-state index in [4.69, 9.17) is 15.8 Å². The van der Waals surface area contributed by atoms with Gasteiger partial charge in [0.1, 0.15) is 0 Å². The summed E-state index contributed by atoms with van der Waals surface area (Å²) in [5, 5.41) is 21.4. The molecule has 5 N–H and O–H groups in total. The molecular weight excluding hydrogens is 367 g/mol. The van der Waals surface area contributed by atoms with Gasteiger partial charge >= 0.3 is 7.12 Å². The lowest BCUT2D eigenvalue weighted by molar-refractivity contribution is 0.241. The van der Waals surface area contributed by atoms with Crippen molar-refractivity contribution in [2.75, 3.05) is 32.7 Å². The molecule has 27 heavy (non-hydrogen) atoms. The first-order valence-electron chi connectivity index (χ1n) is 10.3. The van der Waals surface area contributed by atoms with Gasteiger partial charge in [0.2, 0.25) is 0 Å². The summed E-state index contributed by atoms with van der Waals surface area (Å²) in [4.78, 5) is 0. The first-order chi connectivity index (χ1) is 12.7. The number of rotatable bonds is 9. The zero-order valence-corrected chi connectivity index (χ0v) is 17.2. The second-order valence-corrected chi connectivity index (χ2v) is 10.8.